The molecule has 0 aliphatic heterocycles. The van der Waals surface area contributed by atoms with Gasteiger partial charge in [0.05, 0.1) is 11.0 Å². The summed E-state index contributed by atoms with van der Waals surface area (Å²) in [5.41, 5.74) is 2.35. The van der Waals surface area contributed by atoms with Crippen LogP contribution >= 0.6 is 0 Å². The van der Waals surface area contributed by atoms with Gasteiger partial charge in [-0.25, -0.2) is 0 Å². The standard InChI is InChI=1S/C13H14N2O/c1-2-3-4-13(16)10-5-6-11-12(9-10)15-8-7-14-11/h5-9H,2-4H2,1H3. The minimum absolute atomic E-state index is 0.189. The predicted molar refractivity (Wildman–Crippen MR) is 63.4 cm³/mol. The van der Waals surface area contributed by atoms with Gasteiger partial charge in [-0.2, -0.15) is 0 Å². The van der Waals surface area contributed by atoms with Crippen molar-refractivity contribution in [3.8, 4) is 0 Å². The number of nitrogens with zero attached hydrogens (tertiary/aromatic N) is 2. The number of unbranched alkanes of at least 4 members (excludes halogenated alkanes) is 1. The van der Waals surface area contributed by atoms with Crippen molar-refractivity contribution >= 4 is 16.8 Å². The molecular formula is C13H14N2O. The van der Waals surface area contributed by atoms with Crippen LogP contribution in [0.5, 0.6) is 0 Å². The summed E-state index contributed by atoms with van der Waals surface area (Å²) in [6.07, 6.45) is 5.89. The Morgan fingerprint density at radius 2 is 1.94 bits per heavy atom. The fourth-order valence-electron chi connectivity index (χ4n) is 1.62. The zero-order valence-corrected chi connectivity index (χ0v) is 9.31. The van der Waals surface area contributed by atoms with Crippen molar-refractivity contribution in [3.63, 3.8) is 0 Å². The van der Waals surface area contributed by atoms with E-state index in [1.807, 2.05) is 18.2 Å². The van der Waals surface area contributed by atoms with Gasteiger partial charge in [0, 0.05) is 24.4 Å². The highest BCUT2D eigenvalue weighted by atomic mass is 16.1. The van der Waals surface area contributed by atoms with Crippen molar-refractivity contribution in [3.05, 3.63) is 36.2 Å². The summed E-state index contributed by atoms with van der Waals surface area (Å²) in [6, 6.07) is 5.50. The predicted octanol–water partition coefficient (Wildman–Crippen LogP) is 3.00. The maximum atomic E-state index is 11.8. The second-order valence-electron chi connectivity index (χ2n) is 3.79. The number of fused-ring (bicyclic) bond motifs is 1. The number of Topliss-reactive ketones (excluding diaryl/α,β-unsaturated/α-hetero) is 1. The minimum Gasteiger partial charge on any atom is -0.294 e. The lowest BCUT2D eigenvalue weighted by Crippen LogP contribution is -1.99. The van der Waals surface area contributed by atoms with E-state index in [9.17, 15) is 4.79 Å². The van der Waals surface area contributed by atoms with Gasteiger partial charge in [-0.05, 0) is 24.6 Å². The number of carbonyl (C=O) groups excluding carboxylic acids is 1. The molecule has 0 atom stereocenters. The van der Waals surface area contributed by atoms with Crippen molar-refractivity contribution < 1.29 is 4.79 Å². The highest BCUT2D eigenvalue weighted by Crippen LogP contribution is 2.13. The summed E-state index contributed by atoms with van der Waals surface area (Å²) < 4.78 is 0. The zero-order valence-electron chi connectivity index (χ0n) is 9.31. The van der Waals surface area contributed by atoms with Crippen LogP contribution < -0.4 is 0 Å². The van der Waals surface area contributed by atoms with Crippen molar-refractivity contribution in [1.29, 1.82) is 0 Å². The summed E-state index contributed by atoms with van der Waals surface area (Å²) >= 11 is 0. The van der Waals surface area contributed by atoms with E-state index in [1.165, 1.54) is 0 Å². The molecule has 1 heterocycles. The molecule has 0 saturated heterocycles. The molecule has 82 valence electrons. The largest absolute Gasteiger partial charge is 0.294 e. The van der Waals surface area contributed by atoms with E-state index < -0.39 is 0 Å². The van der Waals surface area contributed by atoms with Gasteiger partial charge in [-0.1, -0.05) is 13.3 Å². The average Bonchev–Trinajstić information content (AvgIpc) is 2.35. The Bertz CT molecular complexity index is 508. The molecule has 1 aromatic heterocycles. The van der Waals surface area contributed by atoms with Crippen molar-refractivity contribution in [2.24, 2.45) is 0 Å². The van der Waals surface area contributed by atoms with E-state index in [0.717, 1.165) is 29.4 Å². The monoisotopic (exact) mass is 214 g/mol. The van der Waals surface area contributed by atoms with Crippen LogP contribution in [0.4, 0.5) is 0 Å². The third-order valence-corrected chi connectivity index (χ3v) is 2.55. The maximum Gasteiger partial charge on any atom is 0.162 e. The lowest BCUT2D eigenvalue weighted by atomic mass is 10.1. The molecule has 0 N–H and O–H groups in total. The summed E-state index contributed by atoms with van der Waals surface area (Å²) in [4.78, 5) is 20.2. The molecule has 0 bridgehead atoms. The van der Waals surface area contributed by atoms with E-state index >= 15 is 0 Å². The molecule has 3 nitrogen and oxygen atoms in total. The van der Waals surface area contributed by atoms with E-state index in [0.29, 0.717) is 6.42 Å². The molecular weight excluding hydrogens is 200 g/mol. The molecule has 0 spiro atoms. The topological polar surface area (TPSA) is 42.9 Å². The highest BCUT2D eigenvalue weighted by molar-refractivity contribution is 5.98. The molecule has 0 amide bonds. The summed E-state index contributed by atoms with van der Waals surface area (Å²) in [5.74, 6) is 0.189. The summed E-state index contributed by atoms with van der Waals surface area (Å²) in [5, 5.41) is 0. The molecule has 2 rings (SSSR count). The molecule has 16 heavy (non-hydrogen) atoms. The molecule has 0 radical (unpaired) electrons. The number of rotatable bonds is 4. The number of aromatic nitrogens is 2. The van der Waals surface area contributed by atoms with Crippen molar-refractivity contribution in [2.75, 3.05) is 0 Å². The fraction of sp³-hybridized carbons (Fsp3) is 0.308. The van der Waals surface area contributed by atoms with Gasteiger partial charge in [0.25, 0.3) is 0 Å². The van der Waals surface area contributed by atoms with Gasteiger partial charge in [-0.15, -0.1) is 0 Å². The third-order valence-electron chi connectivity index (χ3n) is 2.55. The van der Waals surface area contributed by atoms with Crippen LogP contribution in [0.15, 0.2) is 30.6 Å². The van der Waals surface area contributed by atoms with Gasteiger partial charge in [0.1, 0.15) is 0 Å². The van der Waals surface area contributed by atoms with Crippen LogP contribution in [0, 0.1) is 0 Å². The maximum absolute atomic E-state index is 11.8. The zero-order chi connectivity index (χ0) is 11.4. The molecule has 0 aliphatic carbocycles. The second kappa shape index (κ2) is 4.84. The van der Waals surface area contributed by atoms with Crippen LogP contribution in [0.25, 0.3) is 11.0 Å². The van der Waals surface area contributed by atoms with Crippen LogP contribution in [-0.2, 0) is 0 Å². The smallest absolute Gasteiger partial charge is 0.162 e. The first-order chi connectivity index (χ1) is 7.81. The Kier molecular flexibility index (Phi) is 3.25. The molecule has 2 aromatic rings. The van der Waals surface area contributed by atoms with Crippen LogP contribution in [0.3, 0.4) is 0 Å². The van der Waals surface area contributed by atoms with Gasteiger partial charge >= 0.3 is 0 Å². The Labute approximate surface area is 94.5 Å². The number of carbonyl (C=O) groups is 1. The van der Waals surface area contributed by atoms with Gasteiger partial charge in [0.15, 0.2) is 5.78 Å². The fourth-order valence-corrected chi connectivity index (χ4v) is 1.62. The quantitative estimate of drug-likeness (QED) is 0.735. The summed E-state index contributed by atoms with van der Waals surface area (Å²) in [7, 11) is 0. The normalized spacial score (nSPS) is 10.6. The molecule has 3 heteroatoms. The lowest BCUT2D eigenvalue weighted by Gasteiger charge is -2.01. The molecule has 0 unspecified atom stereocenters. The average molecular weight is 214 g/mol. The molecule has 0 aliphatic rings. The Morgan fingerprint density at radius 1 is 1.19 bits per heavy atom. The minimum atomic E-state index is 0.189. The Balaban J connectivity index is 2.28. The SMILES string of the molecule is CCCCC(=O)c1ccc2nccnc2c1. The van der Waals surface area contributed by atoms with Crippen LogP contribution in [-0.4, -0.2) is 15.8 Å². The molecule has 1 aromatic carbocycles. The van der Waals surface area contributed by atoms with Gasteiger partial charge < -0.3 is 0 Å². The first kappa shape index (κ1) is 10.7. The Hall–Kier alpha value is -1.77. The lowest BCUT2D eigenvalue weighted by molar-refractivity contribution is 0.0980. The highest BCUT2D eigenvalue weighted by Gasteiger charge is 2.06. The second-order valence-corrected chi connectivity index (χ2v) is 3.79. The van der Waals surface area contributed by atoms with Crippen molar-refractivity contribution in [2.45, 2.75) is 26.2 Å². The number of hydrogen-bond acceptors (Lipinski definition) is 3. The van der Waals surface area contributed by atoms with E-state index in [-0.39, 0.29) is 5.78 Å². The Morgan fingerprint density at radius 3 is 2.69 bits per heavy atom. The van der Waals surface area contributed by atoms with Gasteiger partial charge in [-0.3, -0.25) is 14.8 Å². The molecule has 0 saturated carbocycles. The van der Waals surface area contributed by atoms with Crippen LogP contribution in [0.2, 0.25) is 0 Å². The third kappa shape index (κ3) is 2.24. The first-order valence-corrected chi connectivity index (χ1v) is 5.55. The molecule has 0 fully saturated rings. The number of ketones is 1. The van der Waals surface area contributed by atoms with E-state index in [4.69, 9.17) is 0 Å². The van der Waals surface area contributed by atoms with E-state index in [1.54, 1.807) is 12.4 Å². The summed E-state index contributed by atoms with van der Waals surface area (Å²) in [6.45, 7) is 2.08. The van der Waals surface area contributed by atoms with Gasteiger partial charge in [0.2, 0.25) is 0 Å². The van der Waals surface area contributed by atoms with Crippen LogP contribution in [0.1, 0.15) is 36.5 Å². The van der Waals surface area contributed by atoms with E-state index in [2.05, 4.69) is 16.9 Å². The first-order valence-electron chi connectivity index (χ1n) is 5.55. The van der Waals surface area contributed by atoms with Crippen molar-refractivity contribution in [1.82, 2.24) is 9.97 Å². The number of benzene rings is 1. The number of hydrogen-bond donors (Lipinski definition) is 0.